The highest BCUT2D eigenvalue weighted by Crippen LogP contribution is 2.23. The number of hydrogen-bond acceptors (Lipinski definition) is 4. The minimum Gasteiger partial charge on any atom is -0.268 e. The Morgan fingerprint density at radius 2 is 1.92 bits per heavy atom. The molecule has 0 aromatic heterocycles. The summed E-state index contributed by atoms with van der Waals surface area (Å²) in [6.45, 7) is 0. The van der Waals surface area contributed by atoms with Gasteiger partial charge in [0, 0.05) is 17.0 Å². The lowest BCUT2D eigenvalue weighted by Crippen LogP contribution is -1.86. The predicted octanol–water partition coefficient (Wildman–Crippen LogP) is 3.05. The van der Waals surface area contributed by atoms with Crippen molar-refractivity contribution < 1.29 is 9.72 Å². The monoisotopic (exact) mass is 217 g/mol. The zero-order valence-corrected chi connectivity index (χ0v) is 7.84. The zero-order valence-electron chi connectivity index (χ0n) is 6.27. The lowest BCUT2D eigenvalue weighted by molar-refractivity contribution is -0.384. The fourth-order valence-corrected chi connectivity index (χ4v) is 1.45. The number of non-ortho nitro benzene ring substituents is 1. The van der Waals surface area contributed by atoms with E-state index in [0.29, 0.717) is 4.90 Å². The van der Waals surface area contributed by atoms with Crippen molar-refractivity contribution in [2.45, 2.75) is 4.90 Å². The Labute approximate surface area is 83.0 Å². The molecule has 0 amide bonds. The standard InChI is InChI=1S/C7H4ClNO3S/c8-7(10)13-6-3-1-5(2-4-6)9(11)12/h1-4H. The van der Waals surface area contributed by atoms with Gasteiger partial charge in [0.15, 0.2) is 0 Å². The molecule has 0 fully saturated rings. The first-order chi connectivity index (χ1) is 6.09. The maximum absolute atomic E-state index is 10.4. The summed E-state index contributed by atoms with van der Waals surface area (Å²) in [4.78, 5) is 20.8. The van der Waals surface area contributed by atoms with Gasteiger partial charge in [0.25, 0.3) is 10.3 Å². The third-order valence-electron chi connectivity index (χ3n) is 1.25. The van der Waals surface area contributed by atoms with Crippen molar-refractivity contribution in [1.29, 1.82) is 0 Å². The average Bonchev–Trinajstić information content (AvgIpc) is 2.04. The van der Waals surface area contributed by atoms with E-state index in [1.54, 1.807) is 0 Å². The van der Waals surface area contributed by atoms with Crippen molar-refractivity contribution in [3.8, 4) is 0 Å². The summed E-state index contributed by atoms with van der Waals surface area (Å²) in [5.41, 5.74) is -0.00799. The van der Waals surface area contributed by atoms with E-state index in [2.05, 4.69) is 0 Å². The zero-order chi connectivity index (χ0) is 9.84. The summed E-state index contributed by atoms with van der Waals surface area (Å²) in [5.74, 6) is 0. The van der Waals surface area contributed by atoms with Gasteiger partial charge < -0.3 is 0 Å². The molecule has 0 atom stereocenters. The van der Waals surface area contributed by atoms with Crippen LogP contribution in [0.25, 0.3) is 0 Å². The molecular weight excluding hydrogens is 214 g/mol. The van der Waals surface area contributed by atoms with Crippen LogP contribution in [0.2, 0.25) is 0 Å². The number of thioether (sulfide) groups is 1. The minimum atomic E-state index is -0.561. The third-order valence-corrected chi connectivity index (χ3v) is 2.15. The van der Waals surface area contributed by atoms with Gasteiger partial charge in [-0.15, -0.1) is 0 Å². The molecule has 0 aliphatic carbocycles. The minimum absolute atomic E-state index is 0.00799. The van der Waals surface area contributed by atoms with Crippen molar-refractivity contribution in [2.75, 3.05) is 0 Å². The SMILES string of the molecule is O=C(Cl)Sc1ccc([N+](=O)[O-])cc1. The van der Waals surface area contributed by atoms with Gasteiger partial charge in [-0.25, -0.2) is 0 Å². The van der Waals surface area contributed by atoms with Gasteiger partial charge in [0.05, 0.1) is 4.92 Å². The van der Waals surface area contributed by atoms with E-state index < -0.39 is 9.50 Å². The van der Waals surface area contributed by atoms with E-state index in [1.165, 1.54) is 24.3 Å². The largest absolute Gasteiger partial charge is 0.284 e. The molecule has 1 aromatic carbocycles. The van der Waals surface area contributed by atoms with Crippen LogP contribution in [0.4, 0.5) is 10.5 Å². The summed E-state index contributed by atoms with van der Waals surface area (Å²) in [5, 5.41) is 10.2. The highest BCUT2D eigenvalue weighted by molar-refractivity contribution is 8.16. The van der Waals surface area contributed by atoms with Gasteiger partial charge in [-0.05, 0) is 35.5 Å². The third kappa shape index (κ3) is 3.04. The van der Waals surface area contributed by atoms with Crippen molar-refractivity contribution in [1.82, 2.24) is 0 Å². The van der Waals surface area contributed by atoms with E-state index in [-0.39, 0.29) is 5.69 Å². The van der Waals surface area contributed by atoms with Gasteiger partial charge in [-0.3, -0.25) is 14.9 Å². The molecule has 0 aliphatic rings. The number of nitro benzene ring substituents is 1. The van der Waals surface area contributed by atoms with E-state index in [9.17, 15) is 14.9 Å². The molecule has 0 saturated carbocycles. The number of carbonyl (C=O) groups excluding carboxylic acids is 1. The van der Waals surface area contributed by atoms with E-state index in [1.807, 2.05) is 0 Å². The van der Waals surface area contributed by atoms with Gasteiger partial charge in [-0.1, -0.05) is 0 Å². The Hall–Kier alpha value is -1.07. The second-order valence-electron chi connectivity index (χ2n) is 2.09. The fraction of sp³-hybridized carbons (Fsp3) is 0. The predicted molar refractivity (Wildman–Crippen MR) is 50.2 cm³/mol. The maximum atomic E-state index is 10.4. The molecule has 0 bridgehead atoms. The van der Waals surface area contributed by atoms with Crippen molar-refractivity contribution >= 4 is 33.6 Å². The van der Waals surface area contributed by atoms with Gasteiger partial charge in [0.2, 0.25) is 0 Å². The molecule has 0 spiro atoms. The highest BCUT2D eigenvalue weighted by Gasteiger charge is 2.05. The summed E-state index contributed by atoms with van der Waals surface area (Å²) >= 11 is 5.93. The molecular formula is C7H4ClNO3S. The molecule has 0 N–H and O–H groups in total. The number of hydrogen-bond donors (Lipinski definition) is 0. The molecule has 0 saturated heterocycles. The number of benzene rings is 1. The molecule has 68 valence electrons. The van der Waals surface area contributed by atoms with Crippen LogP contribution in [-0.2, 0) is 0 Å². The molecule has 13 heavy (non-hydrogen) atoms. The fourth-order valence-electron chi connectivity index (χ4n) is 0.729. The van der Waals surface area contributed by atoms with Crippen LogP contribution in [0.5, 0.6) is 0 Å². The second kappa shape index (κ2) is 4.25. The highest BCUT2D eigenvalue weighted by atomic mass is 35.5. The van der Waals surface area contributed by atoms with Crippen molar-refractivity contribution in [3.05, 3.63) is 34.4 Å². The summed E-state index contributed by atoms with van der Waals surface area (Å²) in [7, 11) is 0. The first kappa shape index (κ1) is 10.0. The second-order valence-corrected chi connectivity index (χ2v) is 3.70. The van der Waals surface area contributed by atoms with Gasteiger partial charge in [0.1, 0.15) is 0 Å². The number of rotatable bonds is 2. The first-order valence-corrected chi connectivity index (χ1v) is 4.41. The van der Waals surface area contributed by atoms with E-state index in [0.717, 1.165) is 11.8 Å². The molecule has 1 aromatic rings. The van der Waals surface area contributed by atoms with Crippen LogP contribution in [0.3, 0.4) is 0 Å². The van der Waals surface area contributed by atoms with Crippen LogP contribution in [0.1, 0.15) is 0 Å². The van der Waals surface area contributed by atoms with Crippen LogP contribution in [0.15, 0.2) is 29.2 Å². The Kier molecular flexibility index (Phi) is 3.27. The quantitative estimate of drug-likeness (QED) is 0.331. The Bertz CT molecular complexity index is 338. The number of nitrogens with zero attached hydrogens (tertiary/aromatic N) is 1. The maximum Gasteiger partial charge on any atom is 0.284 e. The summed E-state index contributed by atoms with van der Waals surface area (Å²) < 4.78 is -0.561. The molecule has 6 heteroatoms. The van der Waals surface area contributed by atoms with Crippen LogP contribution < -0.4 is 0 Å². The number of carbonyl (C=O) groups is 1. The first-order valence-electron chi connectivity index (χ1n) is 3.21. The van der Waals surface area contributed by atoms with E-state index >= 15 is 0 Å². The van der Waals surface area contributed by atoms with Crippen molar-refractivity contribution in [2.24, 2.45) is 0 Å². The normalized spacial score (nSPS) is 9.62. The topological polar surface area (TPSA) is 60.2 Å². The molecule has 1 rings (SSSR count). The number of halogens is 1. The van der Waals surface area contributed by atoms with Gasteiger partial charge in [-0.2, -0.15) is 0 Å². The van der Waals surface area contributed by atoms with Gasteiger partial charge >= 0.3 is 0 Å². The molecule has 0 unspecified atom stereocenters. The Balaban J connectivity index is 2.81. The van der Waals surface area contributed by atoms with E-state index in [4.69, 9.17) is 11.6 Å². The molecule has 0 heterocycles. The molecule has 4 nitrogen and oxygen atoms in total. The Morgan fingerprint density at radius 1 is 1.38 bits per heavy atom. The average molecular weight is 218 g/mol. The summed E-state index contributed by atoms with van der Waals surface area (Å²) in [6.07, 6.45) is 0. The molecule has 0 aliphatic heterocycles. The lowest BCUT2D eigenvalue weighted by atomic mass is 10.3. The number of nitro groups is 1. The smallest absolute Gasteiger partial charge is 0.268 e. The summed E-state index contributed by atoms with van der Waals surface area (Å²) in [6, 6.07) is 5.59. The van der Waals surface area contributed by atoms with Crippen LogP contribution >= 0.6 is 23.4 Å². The molecule has 0 radical (unpaired) electrons. The van der Waals surface area contributed by atoms with Crippen molar-refractivity contribution in [3.63, 3.8) is 0 Å². The van der Waals surface area contributed by atoms with Crippen LogP contribution in [-0.4, -0.2) is 9.50 Å². The van der Waals surface area contributed by atoms with Crippen LogP contribution in [0, 0.1) is 10.1 Å². The Morgan fingerprint density at radius 3 is 2.31 bits per heavy atom. The lowest BCUT2D eigenvalue weighted by Gasteiger charge is -1.94.